The van der Waals surface area contributed by atoms with E-state index in [0.717, 1.165) is 5.56 Å². The quantitative estimate of drug-likeness (QED) is 0.851. The molecule has 0 aliphatic carbocycles. The number of benzene rings is 2. The Balaban J connectivity index is 1.95. The summed E-state index contributed by atoms with van der Waals surface area (Å²) in [5.41, 5.74) is 7.74. The second-order valence-corrected chi connectivity index (χ2v) is 4.89. The molecule has 2 rings (SSSR count). The fourth-order valence-corrected chi connectivity index (χ4v) is 1.85. The summed E-state index contributed by atoms with van der Waals surface area (Å²) in [6, 6.07) is 9.13. The molecule has 110 valence electrons. The van der Waals surface area contributed by atoms with Crippen LogP contribution in [0.25, 0.3) is 0 Å². The number of halogens is 2. The van der Waals surface area contributed by atoms with Crippen LogP contribution >= 0.6 is 11.6 Å². The largest absolute Gasteiger partial charge is 0.484 e. The van der Waals surface area contributed by atoms with E-state index in [-0.39, 0.29) is 17.5 Å². The van der Waals surface area contributed by atoms with Gasteiger partial charge in [0.25, 0.3) is 5.91 Å². The van der Waals surface area contributed by atoms with E-state index in [2.05, 4.69) is 5.32 Å². The Morgan fingerprint density at radius 2 is 2.10 bits per heavy atom. The van der Waals surface area contributed by atoms with Gasteiger partial charge in [-0.1, -0.05) is 17.7 Å². The van der Waals surface area contributed by atoms with E-state index in [4.69, 9.17) is 22.1 Å². The lowest BCUT2D eigenvalue weighted by atomic mass is 10.2. The zero-order valence-corrected chi connectivity index (χ0v) is 12.1. The number of hydrogen-bond acceptors (Lipinski definition) is 3. The predicted octanol–water partition coefficient (Wildman–Crippen LogP) is 3.39. The lowest BCUT2D eigenvalue weighted by molar-refractivity contribution is -0.118. The van der Waals surface area contributed by atoms with Gasteiger partial charge in [-0.3, -0.25) is 4.79 Å². The predicted molar refractivity (Wildman–Crippen MR) is 81.1 cm³/mol. The molecule has 0 aliphatic heterocycles. The number of carbonyl (C=O) groups is 1. The van der Waals surface area contributed by atoms with Crippen LogP contribution in [-0.4, -0.2) is 12.5 Å². The average molecular weight is 309 g/mol. The molecule has 1 amide bonds. The lowest BCUT2D eigenvalue weighted by Gasteiger charge is -2.10. The van der Waals surface area contributed by atoms with E-state index in [0.29, 0.717) is 17.1 Å². The third-order valence-corrected chi connectivity index (χ3v) is 3.09. The molecule has 3 N–H and O–H groups in total. The number of ether oxygens (including phenoxy) is 1. The van der Waals surface area contributed by atoms with E-state index in [1.165, 1.54) is 18.2 Å². The van der Waals surface area contributed by atoms with E-state index < -0.39 is 5.82 Å². The first-order valence-electron chi connectivity index (χ1n) is 6.19. The Morgan fingerprint density at radius 3 is 2.81 bits per heavy atom. The molecule has 0 unspecified atom stereocenters. The fraction of sp³-hybridized carbons (Fsp3) is 0.133. The minimum absolute atomic E-state index is 0.0559. The third kappa shape index (κ3) is 4.10. The summed E-state index contributed by atoms with van der Waals surface area (Å²) >= 11 is 5.63. The van der Waals surface area contributed by atoms with Crippen LogP contribution in [0, 0.1) is 12.7 Å². The molecule has 0 aliphatic rings. The number of hydrogen-bond donors (Lipinski definition) is 2. The Morgan fingerprint density at radius 1 is 1.33 bits per heavy atom. The molecule has 0 atom stereocenters. The summed E-state index contributed by atoms with van der Waals surface area (Å²) in [5, 5.41) is 2.64. The molecule has 0 heterocycles. The molecular formula is C15H14ClFN2O2. The molecule has 21 heavy (non-hydrogen) atoms. The SMILES string of the molecule is Cc1ccc(N)cc1NC(=O)COc1ccc(F)c(Cl)c1. The fourth-order valence-electron chi connectivity index (χ4n) is 1.68. The maximum atomic E-state index is 13.0. The number of rotatable bonds is 4. The van der Waals surface area contributed by atoms with E-state index >= 15 is 0 Å². The number of anilines is 2. The molecule has 0 spiro atoms. The third-order valence-electron chi connectivity index (χ3n) is 2.80. The molecular weight excluding hydrogens is 295 g/mol. The van der Waals surface area contributed by atoms with Crippen molar-refractivity contribution in [2.75, 3.05) is 17.7 Å². The van der Waals surface area contributed by atoms with Crippen molar-refractivity contribution in [3.8, 4) is 5.75 Å². The van der Waals surface area contributed by atoms with Gasteiger partial charge in [-0.15, -0.1) is 0 Å². The molecule has 4 nitrogen and oxygen atoms in total. The second-order valence-electron chi connectivity index (χ2n) is 4.49. The van der Waals surface area contributed by atoms with Gasteiger partial charge in [0, 0.05) is 17.4 Å². The molecule has 0 saturated carbocycles. The van der Waals surface area contributed by atoms with Gasteiger partial charge < -0.3 is 15.8 Å². The smallest absolute Gasteiger partial charge is 0.262 e. The number of nitrogens with two attached hydrogens (primary N) is 1. The van der Waals surface area contributed by atoms with Gasteiger partial charge in [0.2, 0.25) is 0 Å². The maximum Gasteiger partial charge on any atom is 0.262 e. The summed E-state index contributed by atoms with van der Waals surface area (Å²) in [4.78, 5) is 11.8. The van der Waals surface area contributed by atoms with Crippen molar-refractivity contribution in [2.45, 2.75) is 6.92 Å². The first-order chi connectivity index (χ1) is 9.95. The monoisotopic (exact) mass is 308 g/mol. The summed E-state index contributed by atoms with van der Waals surface area (Å²) in [6.45, 7) is 1.64. The Hall–Kier alpha value is -2.27. The van der Waals surface area contributed by atoms with Crippen molar-refractivity contribution in [3.63, 3.8) is 0 Å². The average Bonchev–Trinajstić information content (AvgIpc) is 2.44. The van der Waals surface area contributed by atoms with Crippen LogP contribution < -0.4 is 15.8 Å². The van der Waals surface area contributed by atoms with Crippen molar-refractivity contribution in [1.82, 2.24) is 0 Å². The van der Waals surface area contributed by atoms with Gasteiger partial charge in [0.05, 0.1) is 5.02 Å². The van der Waals surface area contributed by atoms with Gasteiger partial charge in [0.1, 0.15) is 11.6 Å². The first kappa shape index (κ1) is 15.1. The number of carbonyl (C=O) groups excluding carboxylic acids is 1. The van der Waals surface area contributed by atoms with Crippen molar-refractivity contribution >= 4 is 28.9 Å². The number of aryl methyl sites for hydroxylation is 1. The van der Waals surface area contributed by atoms with Gasteiger partial charge in [-0.2, -0.15) is 0 Å². The highest BCUT2D eigenvalue weighted by Gasteiger charge is 2.07. The van der Waals surface area contributed by atoms with Crippen LogP contribution in [0.1, 0.15) is 5.56 Å². The van der Waals surface area contributed by atoms with E-state index in [1.54, 1.807) is 12.1 Å². The summed E-state index contributed by atoms with van der Waals surface area (Å²) < 4.78 is 18.2. The highest BCUT2D eigenvalue weighted by atomic mass is 35.5. The van der Waals surface area contributed by atoms with Gasteiger partial charge in [-0.05, 0) is 36.8 Å². The van der Waals surface area contributed by atoms with Crippen molar-refractivity contribution in [1.29, 1.82) is 0 Å². The van der Waals surface area contributed by atoms with E-state index in [1.807, 2.05) is 13.0 Å². The highest BCUT2D eigenvalue weighted by Crippen LogP contribution is 2.21. The normalized spacial score (nSPS) is 10.2. The van der Waals surface area contributed by atoms with Crippen molar-refractivity contribution in [3.05, 3.63) is 52.8 Å². The molecule has 0 aromatic heterocycles. The van der Waals surface area contributed by atoms with Crippen LogP contribution in [0.3, 0.4) is 0 Å². The zero-order valence-electron chi connectivity index (χ0n) is 11.3. The molecule has 2 aromatic carbocycles. The molecule has 2 aromatic rings. The second kappa shape index (κ2) is 6.45. The lowest BCUT2D eigenvalue weighted by Crippen LogP contribution is -2.20. The minimum atomic E-state index is -0.538. The van der Waals surface area contributed by atoms with Crippen molar-refractivity contribution in [2.24, 2.45) is 0 Å². The number of nitrogens with one attached hydrogen (secondary N) is 1. The van der Waals surface area contributed by atoms with Gasteiger partial charge >= 0.3 is 0 Å². The van der Waals surface area contributed by atoms with Gasteiger partial charge in [0.15, 0.2) is 6.61 Å². The summed E-state index contributed by atoms with van der Waals surface area (Å²) in [6.07, 6.45) is 0. The van der Waals surface area contributed by atoms with Crippen molar-refractivity contribution < 1.29 is 13.9 Å². The molecule has 0 saturated heterocycles. The zero-order chi connectivity index (χ0) is 15.4. The minimum Gasteiger partial charge on any atom is -0.484 e. The Bertz CT molecular complexity index is 677. The molecule has 6 heteroatoms. The maximum absolute atomic E-state index is 13.0. The van der Waals surface area contributed by atoms with Crippen LogP contribution in [0.15, 0.2) is 36.4 Å². The number of nitrogen functional groups attached to an aromatic ring is 1. The first-order valence-corrected chi connectivity index (χ1v) is 6.57. The Labute approximate surface area is 126 Å². The molecule has 0 bridgehead atoms. The van der Waals surface area contributed by atoms with E-state index in [9.17, 15) is 9.18 Å². The standard InChI is InChI=1S/C15H14ClFN2O2/c1-9-2-3-10(18)6-14(9)19-15(20)8-21-11-4-5-13(17)12(16)7-11/h2-7H,8,18H2,1H3,(H,19,20). The topological polar surface area (TPSA) is 64.3 Å². The van der Waals surface area contributed by atoms with Crippen LogP contribution in [0.2, 0.25) is 5.02 Å². The number of amides is 1. The molecule has 0 fully saturated rings. The molecule has 0 radical (unpaired) electrons. The van der Waals surface area contributed by atoms with Crippen LogP contribution in [0.4, 0.5) is 15.8 Å². The van der Waals surface area contributed by atoms with Crippen LogP contribution in [0.5, 0.6) is 5.75 Å². The van der Waals surface area contributed by atoms with Gasteiger partial charge in [-0.25, -0.2) is 4.39 Å². The van der Waals surface area contributed by atoms with Crippen LogP contribution in [-0.2, 0) is 4.79 Å². The summed E-state index contributed by atoms with van der Waals surface area (Å²) in [5.74, 6) is -0.561. The highest BCUT2D eigenvalue weighted by molar-refractivity contribution is 6.30. The summed E-state index contributed by atoms with van der Waals surface area (Å²) in [7, 11) is 0. The Kier molecular flexibility index (Phi) is 4.65.